The molecule has 0 saturated carbocycles. The molecule has 1 aromatic rings. The number of methoxy groups -OCH3 is 1. The van der Waals surface area contributed by atoms with Crippen LogP contribution in [0.3, 0.4) is 0 Å². The molecule has 0 aliphatic carbocycles. The predicted molar refractivity (Wildman–Crippen MR) is 117 cm³/mol. The van der Waals surface area contributed by atoms with E-state index in [1.54, 1.807) is 20.8 Å². The minimum atomic E-state index is -1.16. The molecule has 178 valence electrons. The quantitative estimate of drug-likeness (QED) is 0.334. The van der Waals surface area contributed by atoms with Gasteiger partial charge in [0.1, 0.15) is 6.04 Å². The molecule has 0 radical (unpaired) electrons. The van der Waals surface area contributed by atoms with Crippen LogP contribution >= 0.6 is 0 Å². The fourth-order valence-electron chi connectivity index (χ4n) is 2.94. The molecule has 5 N–H and O–H groups in total. The zero-order chi connectivity index (χ0) is 24.3. The fourth-order valence-corrected chi connectivity index (χ4v) is 2.94. The number of alkyl carbamates (subject to hydrolysis) is 1. The van der Waals surface area contributed by atoms with E-state index in [0.29, 0.717) is 0 Å². The number of hydrogen-bond acceptors (Lipinski definition) is 6. The van der Waals surface area contributed by atoms with E-state index in [1.165, 1.54) is 7.11 Å². The van der Waals surface area contributed by atoms with Crippen molar-refractivity contribution in [2.75, 3.05) is 13.7 Å². The van der Waals surface area contributed by atoms with Crippen molar-refractivity contribution in [1.29, 1.82) is 0 Å². The van der Waals surface area contributed by atoms with Crippen molar-refractivity contribution in [2.45, 2.75) is 58.2 Å². The van der Waals surface area contributed by atoms with Crippen LogP contribution in [-0.4, -0.2) is 65.9 Å². The predicted octanol–water partition coefficient (Wildman–Crippen LogP) is 0.826. The van der Waals surface area contributed by atoms with E-state index >= 15 is 0 Å². The van der Waals surface area contributed by atoms with Crippen LogP contribution in [0.4, 0.5) is 4.79 Å². The Kier molecular flexibility index (Phi) is 10.6. The van der Waals surface area contributed by atoms with Crippen molar-refractivity contribution in [3.05, 3.63) is 35.9 Å². The Morgan fingerprint density at radius 2 is 1.66 bits per heavy atom. The van der Waals surface area contributed by atoms with Gasteiger partial charge in [0.05, 0.1) is 25.7 Å². The van der Waals surface area contributed by atoms with Crippen LogP contribution in [0.1, 0.15) is 39.2 Å². The molecule has 1 aromatic carbocycles. The van der Waals surface area contributed by atoms with Crippen LogP contribution in [0.5, 0.6) is 0 Å². The normalized spacial score (nSPS) is 13.9. The lowest BCUT2D eigenvalue weighted by molar-refractivity contribution is -0.139. The van der Waals surface area contributed by atoms with Crippen LogP contribution in [0.25, 0.3) is 0 Å². The number of carbonyl (C=O) groups excluding carboxylic acids is 3. The van der Waals surface area contributed by atoms with Gasteiger partial charge < -0.3 is 30.9 Å². The maximum absolute atomic E-state index is 13.0. The highest BCUT2D eigenvalue weighted by molar-refractivity contribution is 5.86. The molecule has 10 heteroatoms. The number of carbonyl (C=O) groups is 4. The van der Waals surface area contributed by atoms with E-state index in [-0.39, 0.29) is 25.8 Å². The molecular formula is C22H33N3O7. The summed E-state index contributed by atoms with van der Waals surface area (Å²) in [6.07, 6.45) is -2.18. The van der Waals surface area contributed by atoms with Gasteiger partial charge in [-0.15, -0.1) is 0 Å². The van der Waals surface area contributed by atoms with E-state index in [0.717, 1.165) is 5.56 Å². The number of ether oxygens (including phenoxy) is 1. The van der Waals surface area contributed by atoms with Gasteiger partial charge in [-0.05, 0) is 17.4 Å². The highest BCUT2D eigenvalue weighted by Crippen LogP contribution is 2.20. The first-order valence-corrected chi connectivity index (χ1v) is 10.3. The van der Waals surface area contributed by atoms with E-state index in [4.69, 9.17) is 5.11 Å². The lowest BCUT2D eigenvalue weighted by Crippen LogP contribution is -2.58. The first-order valence-electron chi connectivity index (χ1n) is 10.3. The average Bonchev–Trinajstić information content (AvgIpc) is 2.73. The number of carboxylic acids is 1. The molecule has 0 saturated heterocycles. The number of nitrogens with one attached hydrogen (secondary N) is 3. The second-order valence-electron chi connectivity index (χ2n) is 8.50. The molecule has 0 fully saturated rings. The lowest BCUT2D eigenvalue weighted by atomic mass is 9.85. The van der Waals surface area contributed by atoms with Gasteiger partial charge in [-0.1, -0.05) is 51.1 Å². The van der Waals surface area contributed by atoms with Crippen molar-refractivity contribution in [3.8, 4) is 0 Å². The average molecular weight is 452 g/mol. The van der Waals surface area contributed by atoms with Crippen molar-refractivity contribution < 1.29 is 34.1 Å². The minimum Gasteiger partial charge on any atom is -0.481 e. The molecule has 3 atom stereocenters. The summed E-state index contributed by atoms with van der Waals surface area (Å²) in [4.78, 5) is 47.2. The van der Waals surface area contributed by atoms with Gasteiger partial charge in [0.2, 0.25) is 11.8 Å². The molecule has 3 unspecified atom stereocenters. The SMILES string of the molecule is COC(=O)NC(C(=O)NC(Cc1ccccc1)C(O)CNC(=O)CCC(=O)O)C(C)(C)C. The number of aliphatic hydroxyl groups is 1. The number of aliphatic hydroxyl groups excluding tert-OH is 1. The van der Waals surface area contributed by atoms with Crippen molar-refractivity contribution in [1.82, 2.24) is 16.0 Å². The standard InChI is InChI=1S/C22H33N3O7/c1-22(2,3)19(25-21(31)32-4)20(30)24-15(12-14-8-6-5-7-9-14)16(26)13-23-17(27)10-11-18(28)29/h5-9,15-16,19,26H,10-13H2,1-4H3,(H,23,27)(H,24,30)(H,25,31)(H,28,29). The first-order chi connectivity index (χ1) is 14.9. The summed E-state index contributed by atoms with van der Waals surface area (Å²) in [6, 6.07) is 7.44. The zero-order valence-corrected chi connectivity index (χ0v) is 18.9. The second kappa shape index (κ2) is 12.7. The van der Waals surface area contributed by atoms with Gasteiger partial charge >= 0.3 is 12.1 Å². The highest BCUT2D eigenvalue weighted by atomic mass is 16.5. The molecule has 3 amide bonds. The van der Waals surface area contributed by atoms with Gasteiger partial charge in [0.25, 0.3) is 0 Å². The van der Waals surface area contributed by atoms with E-state index < -0.39 is 47.5 Å². The number of benzene rings is 1. The second-order valence-corrected chi connectivity index (χ2v) is 8.50. The van der Waals surface area contributed by atoms with Gasteiger partial charge in [0, 0.05) is 13.0 Å². The Bertz CT molecular complexity index is 777. The Morgan fingerprint density at radius 3 is 2.19 bits per heavy atom. The summed E-state index contributed by atoms with van der Waals surface area (Å²) < 4.78 is 4.61. The fraction of sp³-hybridized carbons (Fsp3) is 0.545. The van der Waals surface area contributed by atoms with Crippen molar-refractivity contribution in [3.63, 3.8) is 0 Å². The third-order valence-corrected chi connectivity index (χ3v) is 4.74. The van der Waals surface area contributed by atoms with Gasteiger partial charge in [-0.25, -0.2) is 4.79 Å². The molecule has 0 aromatic heterocycles. The maximum Gasteiger partial charge on any atom is 0.407 e. The summed E-state index contributed by atoms with van der Waals surface area (Å²) in [5.41, 5.74) is 0.202. The van der Waals surface area contributed by atoms with Crippen LogP contribution in [0.2, 0.25) is 0 Å². The summed E-state index contributed by atoms with van der Waals surface area (Å²) in [6.45, 7) is 5.15. The molecule has 0 heterocycles. The summed E-state index contributed by atoms with van der Waals surface area (Å²) in [5.74, 6) is -2.13. The van der Waals surface area contributed by atoms with Crippen LogP contribution < -0.4 is 16.0 Å². The Labute approximate surface area is 187 Å². The smallest absolute Gasteiger partial charge is 0.407 e. The number of aliphatic carboxylic acids is 1. The van der Waals surface area contributed by atoms with Gasteiger partial charge in [-0.2, -0.15) is 0 Å². The van der Waals surface area contributed by atoms with E-state index in [9.17, 15) is 24.3 Å². The van der Waals surface area contributed by atoms with Crippen molar-refractivity contribution >= 4 is 23.9 Å². The van der Waals surface area contributed by atoms with Gasteiger partial charge in [0.15, 0.2) is 0 Å². The Hall–Kier alpha value is -3.14. The molecule has 10 nitrogen and oxygen atoms in total. The van der Waals surface area contributed by atoms with Crippen LogP contribution in [0, 0.1) is 5.41 Å². The van der Waals surface area contributed by atoms with Crippen LogP contribution in [-0.2, 0) is 25.5 Å². The van der Waals surface area contributed by atoms with Crippen molar-refractivity contribution in [2.24, 2.45) is 5.41 Å². The number of hydrogen-bond donors (Lipinski definition) is 5. The molecule has 0 aliphatic rings. The van der Waals surface area contributed by atoms with Crippen LogP contribution in [0.15, 0.2) is 30.3 Å². The number of carboxylic acid groups (broad SMARTS) is 1. The van der Waals surface area contributed by atoms with E-state index in [2.05, 4.69) is 20.7 Å². The Balaban J connectivity index is 2.94. The minimum absolute atomic E-state index is 0.180. The number of rotatable bonds is 11. The first kappa shape index (κ1) is 26.9. The molecule has 32 heavy (non-hydrogen) atoms. The largest absolute Gasteiger partial charge is 0.481 e. The molecule has 0 bridgehead atoms. The summed E-state index contributed by atoms with van der Waals surface area (Å²) >= 11 is 0. The molecular weight excluding hydrogens is 418 g/mol. The summed E-state index contributed by atoms with van der Waals surface area (Å²) in [5, 5.41) is 27.1. The topological polar surface area (TPSA) is 154 Å². The third-order valence-electron chi connectivity index (χ3n) is 4.74. The third kappa shape index (κ3) is 9.78. The Morgan fingerprint density at radius 1 is 1.03 bits per heavy atom. The summed E-state index contributed by atoms with van der Waals surface area (Å²) in [7, 11) is 1.20. The lowest BCUT2D eigenvalue weighted by Gasteiger charge is -2.32. The maximum atomic E-state index is 13.0. The number of amides is 3. The molecule has 0 spiro atoms. The van der Waals surface area contributed by atoms with E-state index in [1.807, 2.05) is 30.3 Å². The highest BCUT2D eigenvalue weighted by Gasteiger charge is 2.35. The zero-order valence-electron chi connectivity index (χ0n) is 18.9. The molecule has 1 rings (SSSR count). The monoisotopic (exact) mass is 451 g/mol. The molecule has 0 aliphatic heterocycles. The van der Waals surface area contributed by atoms with Gasteiger partial charge in [-0.3, -0.25) is 14.4 Å².